The van der Waals surface area contributed by atoms with E-state index in [9.17, 15) is 14.7 Å². The molecule has 2 aliphatic carbocycles. The van der Waals surface area contributed by atoms with E-state index in [-0.39, 0.29) is 41.9 Å². The van der Waals surface area contributed by atoms with E-state index in [0.29, 0.717) is 27.8 Å². The largest absolute Gasteiger partial charge is 0.508 e. The highest BCUT2D eigenvalue weighted by Crippen LogP contribution is 2.66. The lowest BCUT2D eigenvalue weighted by Gasteiger charge is -2.49. The Labute approximate surface area is 366 Å². The summed E-state index contributed by atoms with van der Waals surface area (Å²) in [5.74, 6) is -4.62. The number of carbonyl (C=O) groups excluding carboxylic acids is 4. The molecule has 2 N–H and O–H groups in total. The second kappa shape index (κ2) is 14.6. The lowest BCUT2D eigenvalue weighted by molar-refractivity contribution is -0.131. The van der Waals surface area contributed by atoms with Gasteiger partial charge in [0.2, 0.25) is 23.6 Å². The van der Waals surface area contributed by atoms with E-state index < -0.39 is 46.8 Å². The number of benzene rings is 4. The van der Waals surface area contributed by atoms with Gasteiger partial charge in [-0.25, -0.2) is 4.90 Å². The fourth-order valence-electron chi connectivity index (χ4n) is 10.6. The van der Waals surface area contributed by atoms with Gasteiger partial charge in [0, 0.05) is 57.8 Å². The lowest BCUT2D eigenvalue weighted by atomic mass is 9.51. The third kappa shape index (κ3) is 5.81. The number of halogens is 1. The molecule has 12 nitrogen and oxygen atoms in total. The summed E-state index contributed by atoms with van der Waals surface area (Å²) < 4.78 is 14.4. The number of phenols is 1. The van der Waals surface area contributed by atoms with Crippen LogP contribution in [0.1, 0.15) is 36.8 Å². The zero-order valence-corrected chi connectivity index (χ0v) is 36.1. The molecule has 4 amide bonds. The van der Waals surface area contributed by atoms with Gasteiger partial charge in [0.15, 0.2) is 0 Å². The number of hydrogen-bond acceptors (Lipinski definition) is 10. The molecule has 0 bridgehead atoms. The SMILES string of the molecule is COc1cc(O)cc(OC)c1C1C2=CCC3C(=O)N(c4ccc(Nc5ccccc5)cc4)C(=O)C3C2CC2C(=O)N(c3cc(-c4sc5ccc(Cl)cc5c4C)nn3C)C(=O)C21C. The number of para-hydroxylation sites is 1. The van der Waals surface area contributed by atoms with E-state index in [0.717, 1.165) is 37.5 Å². The summed E-state index contributed by atoms with van der Waals surface area (Å²) in [4.78, 5) is 63.1. The van der Waals surface area contributed by atoms with E-state index >= 15 is 9.59 Å². The van der Waals surface area contributed by atoms with Gasteiger partial charge >= 0.3 is 0 Å². The number of carbonyl (C=O) groups is 4. The number of methoxy groups -OCH3 is 2. The zero-order valence-electron chi connectivity index (χ0n) is 34.5. The van der Waals surface area contributed by atoms with Crippen LogP contribution in [0.25, 0.3) is 20.7 Å². The number of nitrogens with one attached hydrogen (secondary N) is 1. The number of allylic oxidation sites excluding steroid dienone is 2. The highest BCUT2D eigenvalue weighted by atomic mass is 35.5. The van der Waals surface area contributed by atoms with Gasteiger partial charge in [-0.3, -0.25) is 28.8 Å². The standard InChI is InChI=1S/C48H42ClN5O7S/c1-24-32-19-25(49)11-18-38(32)62-43(24)35-23-39(52(3)51-35)54-45(57)34-22-33-30(42(48(34,2)47(54)59)41-36(60-4)20-29(55)21-37(41)61-5)16-17-31-40(33)46(58)53(44(31)56)28-14-12-27(13-15-28)50-26-9-7-6-8-10-26/h6-16,18-21,23,31,33-34,40,42,50,55H,17,22H2,1-5H3. The van der Waals surface area contributed by atoms with Crippen LogP contribution < -0.4 is 24.6 Å². The highest BCUT2D eigenvalue weighted by molar-refractivity contribution is 7.22. The molecule has 0 spiro atoms. The molecule has 4 heterocycles. The Balaban J connectivity index is 1.06. The molecule has 10 rings (SSSR count). The van der Waals surface area contributed by atoms with Crippen LogP contribution in [0.4, 0.5) is 22.9 Å². The Hall–Kier alpha value is -6.44. The van der Waals surface area contributed by atoms with Crippen molar-refractivity contribution in [1.29, 1.82) is 0 Å². The van der Waals surface area contributed by atoms with Crippen LogP contribution in [0.2, 0.25) is 5.02 Å². The molecular weight excluding hydrogens is 826 g/mol. The molecule has 6 aromatic rings. The van der Waals surface area contributed by atoms with Crippen LogP contribution in [0.3, 0.4) is 0 Å². The Bertz CT molecular complexity index is 2880. The van der Waals surface area contributed by atoms with E-state index in [1.54, 1.807) is 48.2 Å². The van der Waals surface area contributed by atoms with Crippen molar-refractivity contribution in [1.82, 2.24) is 9.78 Å². The van der Waals surface area contributed by atoms with Gasteiger partial charge in [-0.15, -0.1) is 11.3 Å². The maximum atomic E-state index is 15.4. The van der Waals surface area contributed by atoms with Gasteiger partial charge < -0.3 is 19.9 Å². The second-order valence-electron chi connectivity index (χ2n) is 16.7. The summed E-state index contributed by atoms with van der Waals surface area (Å²) in [5.41, 5.74) is 3.56. The summed E-state index contributed by atoms with van der Waals surface area (Å²) in [6, 6.07) is 27.3. The van der Waals surface area contributed by atoms with Crippen molar-refractivity contribution < 1.29 is 33.8 Å². The molecule has 6 atom stereocenters. The fraction of sp³-hybridized carbons (Fsp3) is 0.271. The van der Waals surface area contributed by atoms with Crippen molar-refractivity contribution >= 4 is 79.5 Å². The third-order valence-electron chi connectivity index (χ3n) is 13.5. The zero-order chi connectivity index (χ0) is 43.4. The van der Waals surface area contributed by atoms with Crippen LogP contribution in [-0.4, -0.2) is 52.7 Å². The van der Waals surface area contributed by atoms with Crippen molar-refractivity contribution in [3.63, 3.8) is 0 Å². The minimum Gasteiger partial charge on any atom is -0.508 e. The predicted octanol–water partition coefficient (Wildman–Crippen LogP) is 9.17. The monoisotopic (exact) mass is 867 g/mol. The van der Waals surface area contributed by atoms with Gasteiger partial charge in [-0.05, 0) is 98.2 Å². The van der Waals surface area contributed by atoms with Gasteiger partial charge in [-0.1, -0.05) is 41.4 Å². The summed E-state index contributed by atoms with van der Waals surface area (Å²) in [6.45, 7) is 3.80. The molecule has 3 fully saturated rings. The predicted molar refractivity (Wildman–Crippen MR) is 238 cm³/mol. The maximum Gasteiger partial charge on any atom is 0.242 e. The minimum absolute atomic E-state index is 0.108. The molecule has 2 aliphatic heterocycles. The number of thiophene rings is 1. The molecule has 314 valence electrons. The number of fused-ring (bicyclic) bond motifs is 5. The van der Waals surface area contributed by atoms with Crippen molar-refractivity contribution in [2.24, 2.45) is 36.1 Å². The number of ether oxygens (including phenoxy) is 2. The first-order valence-corrected chi connectivity index (χ1v) is 21.6. The molecule has 4 aliphatic rings. The summed E-state index contributed by atoms with van der Waals surface area (Å²) in [5, 5.41) is 20.5. The molecule has 2 aromatic heterocycles. The Morgan fingerprint density at radius 2 is 1.55 bits per heavy atom. The number of aromatic nitrogens is 2. The summed E-state index contributed by atoms with van der Waals surface area (Å²) in [7, 11) is 4.65. The fourth-order valence-corrected chi connectivity index (χ4v) is 11.9. The third-order valence-corrected chi connectivity index (χ3v) is 15.0. The van der Waals surface area contributed by atoms with Crippen molar-refractivity contribution in [3.8, 4) is 27.8 Å². The molecule has 6 unspecified atom stereocenters. The number of hydrogen-bond donors (Lipinski definition) is 2. The minimum atomic E-state index is -1.41. The highest BCUT2D eigenvalue weighted by Gasteiger charge is 2.68. The molecule has 2 saturated heterocycles. The number of aromatic hydroxyl groups is 1. The number of nitrogens with zero attached hydrogens (tertiary/aromatic N) is 4. The lowest BCUT2D eigenvalue weighted by Crippen LogP contribution is -2.49. The number of aryl methyl sites for hydroxylation is 2. The molecule has 14 heteroatoms. The molecular formula is C48H42ClN5O7S. The Morgan fingerprint density at radius 3 is 2.24 bits per heavy atom. The van der Waals surface area contributed by atoms with Crippen LogP contribution in [-0.2, 0) is 26.2 Å². The summed E-state index contributed by atoms with van der Waals surface area (Å²) in [6.07, 6.45) is 2.38. The first kappa shape index (κ1) is 39.7. The van der Waals surface area contributed by atoms with E-state index in [1.807, 2.05) is 73.7 Å². The van der Waals surface area contributed by atoms with E-state index in [1.165, 1.54) is 36.2 Å². The van der Waals surface area contributed by atoms with E-state index in [2.05, 4.69) is 5.32 Å². The van der Waals surface area contributed by atoms with Crippen LogP contribution in [0.5, 0.6) is 17.2 Å². The normalized spacial score (nSPS) is 24.3. The first-order valence-electron chi connectivity index (χ1n) is 20.4. The van der Waals surface area contributed by atoms with Gasteiger partial charge in [-0.2, -0.15) is 5.10 Å². The molecule has 1 saturated carbocycles. The average molecular weight is 868 g/mol. The van der Waals surface area contributed by atoms with Crippen LogP contribution in [0, 0.1) is 36.0 Å². The number of rotatable bonds is 8. The Morgan fingerprint density at radius 1 is 0.855 bits per heavy atom. The van der Waals surface area contributed by atoms with Gasteiger partial charge in [0.1, 0.15) is 28.8 Å². The molecule has 62 heavy (non-hydrogen) atoms. The average Bonchev–Trinajstić information content (AvgIpc) is 3.94. The number of imide groups is 2. The maximum absolute atomic E-state index is 15.4. The van der Waals surface area contributed by atoms with Crippen LogP contribution >= 0.6 is 22.9 Å². The number of amides is 4. The second-order valence-corrected chi connectivity index (χ2v) is 18.2. The smallest absolute Gasteiger partial charge is 0.242 e. The van der Waals surface area contributed by atoms with Gasteiger partial charge in [0.25, 0.3) is 0 Å². The van der Waals surface area contributed by atoms with Crippen molar-refractivity contribution in [2.45, 2.75) is 32.6 Å². The van der Waals surface area contributed by atoms with Crippen molar-refractivity contribution in [2.75, 3.05) is 29.3 Å². The number of anilines is 4. The topological polar surface area (TPSA) is 143 Å². The quantitative estimate of drug-likeness (QED) is 0.113. The van der Waals surface area contributed by atoms with E-state index in [4.69, 9.17) is 26.2 Å². The number of phenolic OH excluding ortho intramolecular Hbond substituents is 1. The molecule has 4 aromatic carbocycles. The molecule has 0 radical (unpaired) electrons. The first-order chi connectivity index (χ1) is 29.8. The van der Waals surface area contributed by atoms with Gasteiger partial charge in [0.05, 0.1) is 48.0 Å². The Kier molecular flexibility index (Phi) is 9.34. The van der Waals surface area contributed by atoms with Crippen LogP contribution in [0.15, 0.2) is 103 Å². The van der Waals surface area contributed by atoms with Crippen molar-refractivity contribution in [3.05, 3.63) is 119 Å². The summed E-state index contributed by atoms with van der Waals surface area (Å²) >= 11 is 7.91.